The molecule has 0 spiro atoms. The number of carbonyl (C=O) groups excluding carboxylic acids is 1. The van der Waals surface area contributed by atoms with Crippen LogP contribution in [0.3, 0.4) is 0 Å². The van der Waals surface area contributed by atoms with Crippen LogP contribution >= 0.6 is 0 Å². The minimum atomic E-state index is -0.0848. The number of anilines is 4. The third-order valence-electron chi connectivity index (χ3n) is 8.37. The quantitative estimate of drug-likeness (QED) is 0.284. The monoisotopic (exact) mass is 448 g/mol. The van der Waals surface area contributed by atoms with Gasteiger partial charge in [0.05, 0.1) is 0 Å². The Bertz CT molecular complexity index is 1170. The van der Waals surface area contributed by atoms with Crippen LogP contribution in [-0.4, -0.2) is 5.78 Å². The molecule has 0 heterocycles. The molecule has 0 unspecified atom stereocenters. The molecule has 2 N–H and O–H groups in total. The number of hydrogen-bond donors (Lipinski definition) is 2. The zero-order chi connectivity index (χ0) is 23.1. The van der Waals surface area contributed by atoms with Gasteiger partial charge in [-0.2, -0.15) is 0 Å². The number of allylic oxidation sites excluding steroid dienone is 1. The molecular formula is C31H32N2O. The van der Waals surface area contributed by atoms with Gasteiger partial charge in [0, 0.05) is 28.3 Å². The maximum absolute atomic E-state index is 12.1. The van der Waals surface area contributed by atoms with E-state index in [4.69, 9.17) is 0 Å². The van der Waals surface area contributed by atoms with Crippen molar-refractivity contribution in [3.8, 4) is 0 Å². The van der Waals surface area contributed by atoms with E-state index in [1.54, 1.807) is 5.56 Å². The molecule has 0 saturated heterocycles. The maximum atomic E-state index is 12.1. The molecule has 3 aromatic carbocycles. The van der Waals surface area contributed by atoms with Gasteiger partial charge in [-0.15, -0.1) is 0 Å². The first kappa shape index (κ1) is 21.2. The molecule has 0 aromatic heterocycles. The second-order valence-electron chi connectivity index (χ2n) is 10.7. The smallest absolute Gasteiger partial charge is 0.187 e. The van der Waals surface area contributed by atoms with Gasteiger partial charge in [0.1, 0.15) is 0 Å². The fraction of sp³-hybridized carbons (Fsp3) is 0.323. The molecule has 172 valence electrons. The minimum absolute atomic E-state index is 0.0848. The van der Waals surface area contributed by atoms with Crippen LogP contribution in [0.15, 0.2) is 85.5 Å². The highest BCUT2D eigenvalue weighted by Gasteiger charge is 2.51. The van der Waals surface area contributed by atoms with Crippen molar-refractivity contribution in [1.82, 2.24) is 0 Å². The second kappa shape index (κ2) is 8.47. The summed E-state index contributed by atoms with van der Waals surface area (Å²) in [7, 11) is 0. The van der Waals surface area contributed by atoms with Gasteiger partial charge < -0.3 is 10.6 Å². The summed E-state index contributed by atoms with van der Waals surface area (Å²) in [6, 6.07) is 24.9. The van der Waals surface area contributed by atoms with E-state index in [1.165, 1.54) is 44.6 Å². The lowest BCUT2D eigenvalue weighted by atomic mass is 9.48. The molecule has 4 aliphatic rings. The fourth-order valence-electron chi connectivity index (χ4n) is 7.25. The van der Waals surface area contributed by atoms with E-state index in [1.807, 2.05) is 36.4 Å². The molecule has 7 rings (SSSR count). The highest BCUT2D eigenvalue weighted by molar-refractivity contribution is 6.08. The summed E-state index contributed by atoms with van der Waals surface area (Å²) in [6.45, 7) is 3.60. The van der Waals surface area contributed by atoms with Crippen molar-refractivity contribution >= 4 is 28.5 Å². The van der Waals surface area contributed by atoms with Gasteiger partial charge in [0.25, 0.3) is 0 Å². The number of carbonyl (C=O) groups is 1. The van der Waals surface area contributed by atoms with Gasteiger partial charge in [-0.25, -0.2) is 0 Å². The van der Waals surface area contributed by atoms with Crippen LogP contribution in [0.1, 0.15) is 54.4 Å². The molecule has 0 atom stereocenters. The van der Waals surface area contributed by atoms with Gasteiger partial charge >= 0.3 is 0 Å². The first-order valence-corrected chi connectivity index (χ1v) is 12.6. The van der Waals surface area contributed by atoms with E-state index >= 15 is 0 Å². The van der Waals surface area contributed by atoms with Crippen LogP contribution < -0.4 is 10.6 Å². The summed E-state index contributed by atoms with van der Waals surface area (Å²) in [5, 5.41) is 6.89. The van der Waals surface area contributed by atoms with Gasteiger partial charge in [-0.1, -0.05) is 30.8 Å². The average molecular weight is 449 g/mol. The van der Waals surface area contributed by atoms with Crippen molar-refractivity contribution in [1.29, 1.82) is 0 Å². The average Bonchev–Trinajstić information content (AvgIpc) is 2.85. The predicted molar refractivity (Wildman–Crippen MR) is 140 cm³/mol. The summed E-state index contributed by atoms with van der Waals surface area (Å²) >= 11 is 0. The topological polar surface area (TPSA) is 41.1 Å². The Morgan fingerprint density at radius 1 is 0.735 bits per heavy atom. The van der Waals surface area contributed by atoms with Crippen molar-refractivity contribution < 1.29 is 4.79 Å². The summed E-state index contributed by atoms with van der Waals surface area (Å²) < 4.78 is 0. The standard InChI is InChI=1S/C31H32N2O/c1-2-30(34)28-5-3-4-6-29(28)33-27-13-11-26(12-14-27)32-25-9-7-24(8-10-25)31-18-21-15-22(19-31)17-23(16-21)20-31/h2-14,21-23,32-33H,1,15-20H2. The zero-order valence-electron chi connectivity index (χ0n) is 19.6. The normalized spacial score (nSPS) is 26.8. The van der Waals surface area contributed by atoms with E-state index < -0.39 is 0 Å². The summed E-state index contributed by atoms with van der Waals surface area (Å²) in [6.07, 6.45) is 10.0. The molecule has 0 radical (unpaired) electrons. The van der Waals surface area contributed by atoms with Crippen molar-refractivity contribution in [3.05, 3.63) is 96.6 Å². The van der Waals surface area contributed by atoms with E-state index in [0.717, 1.165) is 40.5 Å². The molecule has 34 heavy (non-hydrogen) atoms. The molecule has 4 fully saturated rings. The van der Waals surface area contributed by atoms with E-state index in [0.29, 0.717) is 11.0 Å². The van der Waals surface area contributed by atoms with Crippen molar-refractivity contribution in [3.63, 3.8) is 0 Å². The van der Waals surface area contributed by atoms with Gasteiger partial charge in [0.15, 0.2) is 5.78 Å². The Balaban J connectivity index is 1.13. The number of rotatable bonds is 7. The van der Waals surface area contributed by atoms with Gasteiger partial charge in [-0.3, -0.25) is 4.79 Å². The highest BCUT2D eigenvalue weighted by atomic mass is 16.1. The molecule has 3 aromatic rings. The Hall–Kier alpha value is -3.33. The number of hydrogen-bond acceptors (Lipinski definition) is 3. The molecule has 4 aliphatic carbocycles. The van der Waals surface area contributed by atoms with E-state index in [-0.39, 0.29) is 5.78 Å². The van der Waals surface area contributed by atoms with Crippen LogP contribution in [0.25, 0.3) is 0 Å². The highest BCUT2D eigenvalue weighted by Crippen LogP contribution is 2.60. The van der Waals surface area contributed by atoms with E-state index in [9.17, 15) is 4.79 Å². The van der Waals surface area contributed by atoms with Gasteiger partial charge in [0.2, 0.25) is 0 Å². The Morgan fingerprint density at radius 2 is 1.24 bits per heavy atom. The SMILES string of the molecule is C=CC(=O)c1ccccc1Nc1ccc(Nc2ccc(C34CC5CC(CC(C5)C3)C4)cc2)cc1. The van der Waals surface area contributed by atoms with Crippen molar-refractivity contribution in [2.24, 2.45) is 17.8 Å². The third kappa shape index (κ3) is 3.94. The van der Waals surface area contributed by atoms with Crippen LogP contribution in [0.5, 0.6) is 0 Å². The molecule has 0 amide bonds. The molecule has 4 saturated carbocycles. The van der Waals surface area contributed by atoms with E-state index in [2.05, 4.69) is 53.6 Å². The lowest BCUT2D eigenvalue weighted by molar-refractivity contribution is -0.00518. The molecule has 4 bridgehead atoms. The maximum Gasteiger partial charge on any atom is 0.187 e. The predicted octanol–water partition coefficient (Wildman–Crippen LogP) is 8.01. The number of para-hydroxylation sites is 1. The minimum Gasteiger partial charge on any atom is -0.356 e. The fourth-order valence-corrected chi connectivity index (χ4v) is 7.25. The zero-order valence-corrected chi connectivity index (χ0v) is 19.6. The van der Waals surface area contributed by atoms with Crippen molar-refractivity contribution in [2.75, 3.05) is 10.6 Å². The molecule has 3 nitrogen and oxygen atoms in total. The van der Waals surface area contributed by atoms with Crippen LogP contribution in [0.4, 0.5) is 22.7 Å². The molecular weight excluding hydrogens is 416 g/mol. The Labute approximate surface area is 202 Å². The number of nitrogens with one attached hydrogen (secondary N) is 2. The van der Waals surface area contributed by atoms with Crippen LogP contribution in [-0.2, 0) is 5.41 Å². The summed E-state index contributed by atoms with van der Waals surface area (Å²) in [5.41, 5.74) is 6.52. The third-order valence-corrected chi connectivity index (χ3v) is 8.37. The first-order valence-electron chi connectivity index (χ1n) is 12.6. The van der Waals surface area contributed by atoms with Crippen molar-refractivity contribution in [2.45, 2.75) is 43.9 Å². The number of ketones is 1. The number of benzene rings is 3. The largest absolute Gasteiger partial charge is 0.356 e. The first-order chi connectivity index (χ1) is 16.6. The molecule has 0 aliphatic heterocycles. The summed E-state index contributed by atoms with van der Waals surface area (Å²) in [5.74, 6) is 2.83. The van der Waals surface area contributed by atoms with Crippen LogP contribution in [0.2, 0.25) is 0 Å². The second-order valence-corrected chi connectivity index (χ2v) is 10.7. The lowest BCUT2D eigenvalue weighted by Crippen LogP contribution is -2.48. The molecule has 3 heteroatoms. The summed E-state index contributed by atoms with van der Waals surface area (Å²) in [4.78, 5) is 12.1. The Morgan fingerprint density at radius 3 is 1.79 bits per heavy atom. The Kier molecular flexibility index (Phi) is 5.28. The van der Waals surface area contributed by atoms with Crippen LogP contribution in [0, 0.1) is 17.8 Å². The van der Waals surface area contributed by atoms with Gasteiger partial charge in [-0.05, 0) is 122 Å². The lowest BCUT2D eigenvalue weighted by Gasteiger charge is -2.57.